The molecular weight excluding hydrogens is 298 g/mol. The Hall–Kier alpha value is -0.850. The second-order valence-electron chi connectivity index (χ2n) is 5.45. The fraction of sp³-hybridized carbons (Fsp3) is 0.615. The summed E-state index contributed by atoms with van der Waals surface area (Å²) in [6.45, 7) is 4.69. The van der Waals surface area contributed by atoms with E-state index in [1.165, 1.54) is 12.3 Å². The van der Waals surface area contributed by atoms with Crippen LogP contribution in [0.4, 0.5) is 5.82 Å². The minimum Gasteiger partial charge on any atom is -0.369 e. The van der Waals surface area contributed by atoms with Crippen molar-refractivity contribution >= 4 is 27.4 Å². The van der Waals surface area contributed by atoms with E-state index in [1.807, 2.05) is 13.8 Å². The molecule has 7 heteroatoms. The summed E-state index contributed by atoms with van der Waals surface area (Å²) in [6, 6.07) is 1.44. The first-order valence-electron chi connectivity index (χ1n) is 6.80. The highest BCUT2D eigenvalue weighted by Gasteiger charge is 2.36. The molecule has 0 atom stereocenters. The number of nitrogens with zero attached hydrogens (tertiary/aromatic N) is 1. The Morgan fingerprint density at radius 2 is 2.15 bits per heavy atom. The first kappa shape index (κ1) is 15.5. The van der Waals surface area contributed by atoms with Gasteiger partial charge in [0.1, 0.15) is 10.7 Å². The third-order valence-electron chi connectivity index (χ3n) is 3.51. The van der Waals surface area contributed by atoms with E-state index in [9.17, 15) is 8.42 Å². The van der Waals surface area contributed by atoms with Crippen molar-refractivity contribution in [1.29, 1.82) is 0 Å². The van der Waals surface area contributed by atoms with E-state index in [2.05, 4.69) is 15.0 Å². The van der Waals surface area contributed by atoms with E-state index in [-0.39, 0.29) is 10.4 Å². The first-order chi connectivity index (χ1) is 9.36. The van der Waals surface area contributed by atoms with Gasteiger partial charge in [0.05, 0.1) is 5.02 Å². The number of sulfonamides is 1. The van der Waals surface area contributed by atoms with Gasteiger partial charge in [-0.2, -0.15) is 0 Å². The molecule has 1 aromatic heterocycles. The van der Waals surface area contributed by atoms with Crippen LogP contribution in [0.1, 0.15) is 39.5 Å². The number of hydrogen-bond acceptors (Lipinski definition) is 4. The number of nitrogens with one attached hydrogen (secondary N) is 2. The summed E-state index contributed by atoms with van der Waals surface area (Å²) in [5, 5.41) is 3.37. The Morgan fingerprint density at radius 1 is 1.45 bits per heavy atom. The number of rotatable bonds is 6. The molecule has 1 saturated carbocycles. The van der Waals surface area contributed by atoms with Crippen molar-refractivity contribution in [2.24, 2.45) is 0 Å². The number of aromatic nitrogens is 1. The molecule has 0 aliphatic heterocycles. The van der Waals surface area contributed by atoms with E-state index in [1.54, 1.807) is 0 Å². The first-order valence-corrected chi connectivity index (χ1v) is 8.66. The van der Waals surface area contributed by atoms with Gasteiger partial charge < -0.3 is 5.32 Å². The molecule has 112 valence electrons. The van der Waals surface area contributed by atoms with Gasteiger partial charge in [0, 0.05) is 18.3 Å². The van der Waals surface area contributed by atoms with Gasteiger partial charge in [0.25, 0.3) is 0 Å². The van der Waals surface area contributed by atoms with Gasteiger partial charge in [-0.3, -0.25) is 0 Å². The predicted octanol–water partition coefficient (Wildman–Crippen LogP) is 2.78. The number of pyridine rings is 1. The minimum absolute atomic E-state index is 0.109. The van der Waals surface area contributed by atoms with Crippen LogP contribution >= 0.6 is 11.6 Å². The van der Waals surface area contributed by atoms with Crippen LogP contribution in [0.3, 0.4) is 0 Å². The van der Waals surface area contributed by atoms with Crippen molar-refractivity contribution in [2.75, 3.05) is 11.9 Å². The van der Waals surface area contributed by atoms with Gasteiger partial charge in [-0.25, -0.2) is 18.1 Å². The monoisotopic (exact) mass is 317 g/mol. The second kappa shape index (κ2) is 5.87. The molecule has 0 unspecified atom stereocenters. The maximum Gasteiger partial charge on any atom is 0.242 e. The van der Waals surface area contributed by atoms with Crippen molar-refractivity contribution < 1.29 is 8.42 Å². The Morgan fingerprint density at radius 3 is 2.65 bits per heavy atom. The van der Waals surface area contributed by atoms with E-state index in [0.717, 1.165) is 32.2 Å². The maximum atomic E-state index is 12.3. The van der Waals surface area contributed by atoms with E-state index >= 15 is 0 Å². The molecule has 20 heavy (non-hydrogen) atoms. The summed E-state index contributed by atoms with van der Waals surface area (Å²) < 4.78 is 27.3. The summed E-state index contributed by atoms with van der Waals surface area (Å²) in [7, 11) is -3.56. The summed E-state index contributed by atoms with van der Waals surface area (Å²) in [4.78, 5) is 4.20. The van der Waals surface area contributed by atoms with Crippen LogP contribution in [0.2, 0.25) is 5.02 Å². The van der Waals surface area contributed by atoms with Crippen molar-refractivity contribution in [2.45, 2.75) is 50.0 Å². The molecule has 0 amide bonds. The second-order valence-corrected chi connectivity index (χ2v) is 7.54. The molecule has 5 nitrogen and oxygen atoms in total. The minimum atomic E-state index is -3.56. The van der Waals surface area contributed by atoms with Crippen LogP contribution < -0.4 is 10.0 Å². The highest BCUT2D eigenvalue weighted by atomic mass is 35.5. The van der Waals surface area contributed by atoms with Gasteiger partial charge in [-0.15, -0.1) is 0 Å². The Balaban J connectivity index is 2.17. The zero-order valence-corrected chi connectivity index (χ0v) is 13.3. The molecule has 0 radical (unpaired) electrons. The highest BCUT2D eigenvalue weighted by molar-refractivity contribution is 7.89. The zero-order chi connectivity index (χ0) is 14.8. The molecular formula is C13H20ClN3O2S. The average Bonchev–Trinajstić information content (AvgIpc) is 2.35. The molecule has 1 aliphatic carbocycles. The topological polar surface area (TPSA) is 71.1 Å². The van der Waals surface area contributed by atoms with E-state index in [4.69, 9.17) is 11.6 Å². The van der Waals surface area contributed by atoms with Crippen molar-refractivity contribution in [3.05, 3.63) is 17.3 Å². The largest absolute Gasteiger partial charge is 0.369 e. The van der Waals surface area contributed by atoms with Crippen molar-refractivity contribution in [3.8, 4) is 0 Å². The number of anilines is 1. The van der Waals surface area contributed by atoms with Crippen LogP contribution in [0, 0.1) is 0 Å². The van der Waals surface area contributed by atoms with Gasteiger partial charge in [0.2, 0.25) is 10.0 Å². The van der Waals surface area contributed by atoms with Crippen LogP contribution in [0.15, 0.2) is 17.2 Å². The lowest BCUT2D eigenvalue weighted by Crippen LogP contribution is -2.50. The van der Waals surface area contributed by atoms with Crippen LogP contribution in [-0.2, 0) is 10.0 Å². The smallest absolute Gasteiger partial charge is 0.242 e. The Labute approximate surface area is 125 Å². The standard InChI is InChI=1S/C13H20ClN3O2S/c1-3-7-15-12-11(14)8-10(9-16-12)20(18,19)17-13(2)5-4-6-13/h8-9,17H,3-7H2,1-2H3,(H,15,16). The lowest BCUT2D eigenvalue weighted by molar-refractivity contribution is 0.248. The fourth-order valence-corrected chi connectivity index (χ4v) is 3.87. The van der Waals surface area contributed by atoms with Crippen LogP contribution in [0.5, 0.6) is 0 Å². The lowest BCUT2D eigenvalue weighted by atomic mass is 9.80. The number of halogens is 1. The Bertz CT molecular complexity index is 585. The van der Waals surface area contributed by atoms with Gasteiger partial charge >= 0.3 is 0 Å². The normalized spacial score (nSPS) is 17.6. The molecule has 1 aliphatic rings. The molecule has 0 saturated heterocycles. The van der Waals surface area contributed by atoms with Gasteiger partial charge in [-0.05, 0) is 38.7 Å². The summed E-state index contributed by atoms with van der Waals surface area (Å²) in [5.74, 6) is 0.516. The zero-order valence-electron chi connectivity index (χ0n) is 11.7. The third kappa shape index (κ3) is 3.42. The quantitative estimate of drug-likeness (QED) is 0.846. The van der Waals surface area contributed by atoms with Crippen LogP contribution in [-0.4, -0.2) is 25.5 Å². The molecule has 0 spiro atoms. The van der Waals surface area contributed by atoms with E-state index in [0.29, 0.717) is 10.8 Å². The summed E-state index contributed by atoms with van der Waals surface area (Å²) in [6.07, 6.45) is 5.07. The van der Waals surface area contributed by atoms with Gasteiger partial charge in [-0.1, -0.05) is 18.5 Å². The molecule has 1 heterocycles. The number of hydrogen-bond donors (Lipinski definition) is 2. The summed E-state index contributed by atoms with van der Waals surface area (Å²) in [5.41, 5.74) is -0.329. The summed E-state index contributed by atoms with van der Waals surface area (Å²) >= 11 is 6.07. The van der Waals surface area contributed by atoms with Crippen molar-refractivity contribution in [1.82, 2.24) is 9.71 Å². The maximum absolute atomic E-state index is 12.3. The fourth-order valence-electron chi connectivity index (χ4n) is 2.13. The average molecular weight is 318 g/mol. The predicted molar refractivity (Wildman–Crippen MR) is 80.6 cm³/mol. The third-order valence-corrected chi connectivity index (χ3v) is 5.40. The van der Waals surface area contributed by atoms with Crippen LogP contribution in [0.25, 0.3) is 0 Å². The molecule has 2 N–H and O–H groups in total. The van der Waals surface area contributed by atoms with Gasteiger partial charge in [0.15, 0.2) is 0 Å². The SMILES string of the molecule is CCCNc1ncc(S(=O)(=O)NC2(C)CCC2)cc1Cl. The highest BCUT2D eigenvalue weighted by Crippen LogP contribution is 2.33. The molecule has 2 rings (SSSR count). The molecule has 1 aromatic rings. The Kier molecular flexibility index (Phi) is 4.56. The lowest BCUT2D eigenvalue weighted by Gasteiger charge is -2.38. The molecule has 1 fully saturated rings. The molecule has 0 aromatic carbocycles. The van der Waals surface area contributed by atoms with E-state index < -0.39 is 10.0 Å². The van der Waals surface area contributed by atoms with Crippen molar-refractivity contribution in [3.63, 3.8) is 0 Å². The molecule has 0 bridgehead atoms.